The first kappa shape index (κ1) is 14.3. The van der Waals surface area contributed by atoms with Gasteiger partial charge < -0.3 is 15.1 Å². The zero-order valence-electron chi connectivity index (χ0n) is 12.3. The van der Waals surface area contributed by atoms with Gasteiger partial charge in [-0.2, -0.15) is 0 Å². The molecule has 1 heterocycles. The van der Waals surface area contributed by atoms with Crippen molar-refractivity contribution >= 4 is 6.01 Å². The van der Waals surface area contributed by atoms with Crippen LogP contribution in [-0.2, 0) is 6.54 Å². The average molecular weight is 266 g/mol. The molecule has 0 amide bonds. The Kier molecular flexibility index (Phi) is 4.80. The second-order valence-electron chi connectivity index (χ2n) is 6.44. The molecule has 108 valence electrons. The zero-order valence-corrected chi connectivity index (χ0v) is 12.3. The van der Waals surface area contributed by atoms with E-state index in [0.29, 0.717) is 24.5 Å². The topological polar surface area (TPSA) is 63.0 Å². The second-order valence-corrected chi connectivity index (χ2v) is 6.44. The Morgan fingerprint density at radius 3 is 2.42 bits per heavy atom. The fourth-order valence-corrected chi connectivity index (χ4v) is 2.32. The Balaban J connectivity index is 1.82. The molecule has 1 fully saturated rings. The highest BCUT2D eigenvalue weighted by molar-refractivity contribution is 5.19. The predicted molar refractivity (Wildman–Crippen MR) is 76.0 cm³/mol. The maximum absolute atomic E-state index is 5.63. The lowest BCUT2D eigenvalue weighted by molar-refractivity contribution is 0.382. The second kappa shape index (κ2) is 6.37. The van der Waals surface area contributed by atoms with E-state index in [1.807, 2.05) is 0 Å². The molecule has 1 aliphatic rings. The number of anilines is 1. The van der Waals surface area contributed by atoms with E-state index in [0.717, 1.165) is 0 Å². The quantitative estimate of drug-likeness (QED) is 0.820. The Bertz CT molecular complexity index is 375. The number of hydrogen-bond donors (Lipinski definition) is 2. The minimum Gasteiger partial charge on any atom is -0.407 e. The van der Waals surface area contributed by atoms with Crippen molar-refractivity contribution in [3.63, 3.8) is 0 Å². The van der Waals surface area contributed by atoms with Gasteiger partial charge in [-0.25, -0.2) is 0 Å². The lowest BCUT2D eigenvalue weighted by Gasteiger charge is -2.18. The van der Waals surface area contributed by atoms with E-state index in [1.165, 1.54) is 38.5 Å². The van der Waals surface area contributed by atoms with Crippen molar-refractivity contribution in [1.29, 1.82) is 0 Å². The molecular weight excluding hydrogens is 240 g/mol. The number of nitrogens with one attached hydrogen (secondary N) is 2. The standard InChI is InChI=1S/C14H26N4O/c1-14(2,3)15-10-12-17-18-13(19-12)16-11-8-6-4-5-7-9-11/h11,15H,4-10H2,1-3H3,(H,16,18). The number of rotatable bonds is 4. The normalized spacial score (nSPS) is 18.3. The van der Waals surface area contributed by atoms with Crippen LogP contribution < -0.4 is 10.6 Å². The lowest BCUT2D eigenvalue weighted by atomic mass is 10.1. The first-order valence-corrected chi connectivity index (χ1v) is 7.37. The van der Waals surface area contributed by atoms with Crippen LogP contribution in [0.15, 0.2) is 4.42 Å². The van der Waals surface area contributed by atoms with Crippen LogP contribution in [-0.4, -0.2) is 21.8 Å². The molecule has 1 saturated carbocycles. The van der Waals surface area contributed by atoms with E-state index < -0.39 is 0 Å². The van der Waals surface area contributed by atoms with Crippen LogP contribution in [0, 0.1) is 0 Å². The minimum atomic E-state index is 0.0589. The van der Waals surface area contributed by atoms with Gasteiger partial charge in [0.05, 0.1) is 6.54 Å². The molecule has 0 atom stereocenters. The summed E-state index contributed by atoms with van der Waals surface area (Å²) in [6, 6.07) is 1.06. The van der Waals surface area contributed by atoms with Crippen LogP contribution in [0.5, 0.6) is 0 Å². The van der Waals surface area contributed by atoms with Gasteiger partial charge in [0, 0.05) is 11.6 Å². The number of nitrogens with zero attached hydrogens (tertiary/aromatic N) is 2. The molecule has 0 aliphatic heterocycles. The monoisotopic (exact) mass is 266 g/mol. The molecule has 1 aromatic heterocycles. The SMILES string of the molecule is CC(C)(C)NCc1nnc(NC2CCCCCC2)o1. The molecule has 0 spiro atoms. The highest BCUT2D eigenvalue weighted by atomic mass is 16.4. The maximum atomic E-state index is 5.63. The van der Waals surface area contributed by atoms with E-state index in [4.69, 9.17) is 4.42 Å². The molecule has 5 nitrogen and oxygen atoms in total. The van der Waals surface area contributed by atoms with Gasteiger partial charge in [-0.15, -0.1) is 5.10 Å². The molecule has 2 rings (SSSR count). The zero-order chi connectivity index (χ0) is 13.7. The van der Waals surface area contributed by atoms with Gasteiger partial charge in [-0.1, -0.05) is 30.8 Å². The fraction of sp³-hybridized carbons (Fsp3) is 0.857. The fourth-order valence-electron chi connectivity index (χ4n) is 2.32. The summed E-state index contributed by atoms with van der Waals surface area (Å²) < 4.78 is 5.63. The smallest absolute Gasteiger partial charge is 0.315 e. The Morgan fingerprint density at radius 2 is 1.79 bits per heavy atom. The molecule has 0 unspecified atom stereocenters. The Morgan fingerprint density at radius 1 is 1.11 bits per heavy atom. The van der Waals surface area contributed by atoms with Gasteiger partial charge in [-0.05, 0) is 33.6 Å². The van der Waals surface area contributed by atoms with Gasteiger partial charge in [0.1, 0.15) is 0 Å². The maximum Gasteiger partial charge on any atom is 0.315 e. The van der Waals surface area contributed by atoms with Crippen molar-refractivity contribution in [2.75, 3.05) is 5.32 Å². The Labute approximate surface area is 115 Å². The van der Waals surface area contributed by atoms with E-state index >= 15 is 0 Å². The molecule has 19 heavy (non-hydrogen) atoms. The largest absolute Gasteiger partial charge is 0.407 e. The van der Waals surface area contributed by atoms with Gasteiger partial charge >= 0.3 is 6.01 Å². The minimum absolute atomic E-state index is 0.0589. The molecular formula is C14H26N4O. The van der Waals surface area contributed by atoms with Gasteiger partial charge in [0.15, 0.2) is 0 Å². The van der Waals surface area contributed by atoms with Crippen molar-refractivity contribution in [1.82, 2.24) is 15.5 Å². The highest BCUT2D eigenvalue weighted by Gasteiger charge is 2.16. The van der Waals surface area contributed by atoms with Crippen molar-refractivity contribution in [2.45, 2.75) is 77.4 Å². The molecule has 0 aromatic carbocycles. The van der Waals surface area contributed by atoms with Crippen molar-refractivity contribution in [2.24, 2.45) is 0 Å². The van der Waals surface area contributed by atoms with Crippen LogP contribution in [0.2, 0.25) is 0 Å². The summed E-state index contributed by atoms with van der Waals surface area (Å²) in [7, 11) is 0. The summed E-state index contributed by atoms with van der Waals surface area (Å²) >= 11 is 0. The molecule has 5 heteroatoms. The molecule has 0 bridgehead atoms. The highest BCUT2D eigenvalue weighted by Crippen LogP contribution is 2.20. The predicted octanol–water partition coefficient (Wildman–Crippen LogP) is 3.09. The molecule has 1 aromatic rings. The average Bonchev–Trinajstić information content (AvgIpc) is 2.61. The van der Waals surface area contributed by atoms with Crippen molar-refractivity contribution in [3.05, 3.63) is 5.89 Å². The summed E-state index contributed by atoms with van der Waals surface area (Å²) in [6.07, 6.45) is 7.70. The lowest BCUT2D eigenvalue weighted by Crippen LogP contribution is -2.35. The van der Waals surface area contributed by atoms with Gasteiger partial charge in [-0.3, -0.25) is 0 Å². The van der Waals surface area contributed by atoms with E-state index in [-0.39, 0.29) is 5.54 Å². The molecule has 0 radical (unpaired) electrons. The third kappa shape index (κ3) is 5.19. The van der Waals surface area contributed by atoms with Crippen LogP contribution in [0.1, 0.15) is 65.2 Å². The number of aromatic nitrogens is 2. The molecule has 2 N–H and O–H groups in total. The van der Waals surface area contributed by atoms with E-state index in [2.05, 4.69) is 41.6 Å². The molecule has 1 aliphatic carbocycles. The number of hydrogen-bond acceptors (Lipinski definition) is 5. The Hall–Kier alpha value is -1.10. The third-order valence-electron chi connectivity index (χ3n) is 3.42. The van der Waals surface area contributed by atoms with Crippen LogP contribution in [0.25, 0.3) is 0 Å². The first-order valence-electron chi connectivity index (χ1n) is 7.37. The van der Waals surface area contributed by atoms with Crippen LogP contribution >= 0.6 is 0 Å². The summed E-state index contributed by atoms with van der Waals surface area (Å²) in [5.41, 5.74) is 0.0589. The summed E-state index contributed by atoms with van der Waals surface area (Å²) in [5, 5.41) is 14.9. The van der Waals surface area contributed by atoms with Crippen LogP contribution in [0.4, 0.5) is 6.01 Å². The van der Waals surface area contributed by atoms with Gasteiger partial charge in [0.2, 0.25) is 5.89 Å². The summed E-state index contributed by atoms with van der Waals surface area (Å²) in [5.74, 6) is 0.644. The van der Waals surface area contributed by atoms with E-state index in [1.54, 1.807) is 0 Å². The summed E-state index contributed by atoms with van der Waals surface area (Å²) in [4.78, 5) is 0. The summed E-state index contributed by atoms with van der Waals surface area (Å²) in [6.45, 7) is 6.97. The van der Waals surface area contributed by atoms with Crippen molar-refractivity contribution in [3.8, 4) is 0 Å². The van der Waals surface area contributed by atoms with Crippen molar-refractivity contribution < 1.29 is 4.42 Å². The molecule has 0 saturated heterocycles. The van der Waals surface area contributed by atoms with E-state index in [9.17, 15) is 0 Å². The van der Waals surface area contributed by atoms with Crippen LogP contribution in [0.3, 0.4) is 0 Å². The first-order chi connectivity index (χ1) is 9.03. The van der Waals surface area contributed by atoms with Gasteiger partial charge in [0.25, 0.3) is 0 Å². The third-order valence-corrected chi connectivity index (χ3v) is 3.42.